The summed E-state index contributed by atoms with van der Waals surface area (Å²) in [6.45, 7) is 1.47. The number of aliphatic hydroxyl groups is 1. The van der Waals surface area contributed by atoms with Gasteiger partial charge in [0.15, 0.2) is 0 Å². The molecule has 3 rings (SSSR count). The van der Waals surface area contributed by atoms with Crippen LogP contribution >= 0.6 is 0 Å². The van der Waals surface area contributed by atoms with Gasteiger partial charge in [-0.3, -0.25) is 4.79 Å². The number of hydrogen-bond donors (Lipinski definition) is 3. The van der Waals surface area contributed by atoms with Crippen LogP contribution in [-0.2, 0) is 11.2 Å². The van der Waals surface area contributed by atoms with Crippen molar-refractivity contribution in [2.75, 3.05) is 5.32 Å². The number of aromatic nitrogens is 2. The van der Waals surface area contributed by atoms with E-state index < -0.39 is 11.5 Å². The van der Waals surface area contributed by atoms with E-state index in [4.69, 9.17) is 0 Å². The third kappa shape index (κ3) is 4.23. The Bertz CT molecular complexity index is 894. The van der Waals surface area contributed by atoms with Crippen LogP contribution < -0.4 is 5.32 Å². The highest BCUT2D eigenvalue weighted by molar-refractivity contribution is 5.96. The van der Waals surface area contributed by atoms with Crippen LogP contribution in [0.5, 0.6) is 5.75 Å². The lowest BCUT2D eigenvalue weighted by Gasteiger charge is -2.22. The summed E-state index contributed by atoms with van der Waals surface area (Å²) < 4.78 is 0. The minimum atomic E-state index is -1.58. The number of anilines is 1. The summed E-state index contributed by atoms with van der Waals surface area (Å²) in [5.74, 6) is -0.0913. The Morgan fingerprint density at radius 1 is 1.08 bits per heavy atom. The number of benzene rings is 2. The van der Waals surface area contributed by atoms with Crippen molar-refractivity contribution in [2.24, 2.45) is 0 Å². The first-order valence-corrected chi connectivity index (χ1v) is 8.13. The second-order valence-electron chi connectivity index (χ2n) is 6.23. The predicted molar refractivity (Wildman–Crippen MR) is 98.5 cm³/mol. The molecule has 26 heavy (non-hydrogen) atoms. The van der Waals surface area contributed by atoms with Crippen LogP contribution in [0.2, 0.25) is 0 Å². The summed E-state index contributed by atoms with van der Waals surface area (Å²) in [7, 11) is 0. The number of phenols is 1. The number of nitrogens with zero attached hydrogens (tertiary/aromatic N) is 2. The lowest BCUT2D eigenvalue weighted by Crippen LogP contribution is -2.42. The van der Waals surface area contributed by atoms with Gasteiger partial charge in [0, 0.05) is 18.1 Å². The Morgan fingerprint density at radius 2 is 1.77 bits per heavy atom. The van der Waals surface area contributed by atoms with Gasteiger partial charge in [-0.25, -0.2) is 9.97 Å². The first-order chi connectivity index (χ1) is 12.4. The molecular formula is C20H19N3O3. The fourth-order valence-corrected chi connectivity index (χ4v) is 2.54. The van der Waals surface area contributed by atoms with E-state index in [0.29, 0.717) is 11.5 Å². The minimum Gasteiger partial charge on any atom is -0.508 e. The van der Waals surface area contributed by atoms with Crippen LogP contribution in [0, 0.1) is 0 Å². The smallest absolute Gasteiger partial charge is 0.257 e. The summed E-state index contributed by atoms with van der Waals surface area (Å²) in [6, 6.07) is 17.5. The maximum Gasteiger partial charge on any atom is 0.257 e. The number of aromatic hydroxyl groups is 1. The highest BCUT2D eigenvalue weighted by Crippen LogP contribution is 2.22. The SMILES string of the molecule is CC(O)(Cc1ccccc1)C(=O)Nc1cc(-c2ccc(O)cc2)ncn1. The monoisotopic (exact) mass is 349 g/mol. The lowest BCUT2D eigenvalue weighted by atomic mass is 9.95. The molecule has 0 spiro atoms. The van der Waals surface area contributed by atoms with Crippen molar-refractivity contribution in [3.8, 4) is 17.0 Å². The molecule has 0 bridgehead atoms. The fraction of sp³-hybridized carbons (Fsp3) is 0.150. The molecule has 0 saturated carbocycles. The Balaban J connectivity index is 1.74. The number of rotatable bonds is 5. The van der Waals surface area contributed by atoms with Crippen molar-refractivity contribution in [3.05, 3.63) is 72.6 Å². The van der Waals surface area contributed by atoms with Gasteiger partial charge in [-0.15, -0.1) is 0 Å². The molecule has 3 N–H and O–H groups in total. The zero-order valence-electron chi connectivity index (χ0n) is 14.3. The lowest BCUT2D eigenvalue weighted by molar-refractivity contribution is -0.132. The molecule has 3 aromatic rings. The summed E-state index contributed by atoms with van der Waals surface area (Å²) in [5.41, 5.74) is 0.653. The molecule has 132 valence electrons. The van der Waals surface area contributed by atoms with Gasteiger partial charge >= 0.3 is 0 Å². The Labute approximate surface area is 151 Å². The highest BCUT2D eigenvalue weighted by Gasteiger charge is 2.30. The van der Waals surface area contributed by atoms with E-state index in [-0.39, 0.29) is 12.2 Å². The average molecular weight is 349 g/mol. The molecule has 6 nitrogen and oxygen atoms in total. The molecule has 0 aliphatic carbocycles. The summed E-state index contributed by atoms with van der Waals surface area (Å²) in [4.78, 5) is 20.7. The molecule has 0 saturated heterocycles. The summed E-state index contributed by atoms with van der Waals surface area (Å²) >= 11 is 0. The van der Waals surface area contributed by atoms with Crippen molar-refractivity contribution in [2.45, 2.75) is 18.9 Å². The quantitative estimate of drug-likeness (QED) is 0.658. The van der Waals surface area contributed by atoms with Crippen LogP contribution in [0.4, 0.5) is 5.82 Å². The first-order valence-electron chi connectivity index (χ1n) is 8.13. The molecule has 1 aromatic heterocycles. The number of carbonyl (C=O) groups is 1. The molecule has 0 aliphatic heterocycles. The molecule has 0 radical (unpaired) electrons. The molecule has 6 heteroatoms. The van der Waals surface area contributed by atoms with Gasteiger partial charge in [-0.05, 0) is 36.8 Å². The molecule has 1 heterocycles. The molecule has 1 amide bonds. The van der Waals surface area contributed by atoms with E-state index in [0.717, 1.165) is 11.1 Å². The topological polar surface area (TPSA) is 95.3 Å². The van der Waals surface area contributed by atoms with E-state index in [1.165, 1.54) is 13.3 Å². The van der Waals surface area contributed by atoms with Crippen molar-refractivity contribution in [3.63, 3.8) is 0 Å². The minimum absolute atomic E-state index is 0.160. The second-order valence-corrected chi connectivity index (χ2v) is 6.23. The third-order valence-electron chi connectivity index (χ3n) is 3.95. The zero-order chi connectivity index (χ0) is 18.6. The van der Waals surface area contributed by atoms with Gasteiger partial charge in [-0.2, -0.15) is 0 Å². The maximum atomic E-state index is 12.5. The van der Waals surface area contributed by atoms with Gasteiger partial charge in [0.1, 0.15) is 23.5 Å². The van der Waals surface area contributed by atoms with Crippen molar-refractivity contribution in [1.29, 1.82) is 0 Å². The average Bonchev–Trinajstić information content (AvgIpc) is 2.63. The normalized spacial score (nSPS) is 13.0. The largest absolute Gasteiger partial charge is 0.508 e. The van der Waals surface area contributed by atoms with Gasteiger partial charge in [0.2, 0.25) is 0 Å². The van der Waals surface area contributed by atoms with Crippen molar-refractivity contribution >= 4 is 11.7 Å². The van der Waals surface area contributed by atoms with Gasteiger partial charge in [0.05, 0.1) is 5.69 Å². The van der Waals surface area contributed by atoms with Crippen molar-refractivity contribution < 1.29 is 15.0 Å². The van der Waals surface area contributed by atoms with E-state index in [1.54, 1.807) is 30.3 Å². The van der Waals surface area contributed by atoms with E-state index in [2.05, 4.69) is 15.3 Å². The third-order valence-corrected chi connectivity index (χ3v) is 3.95. The highest BCUT2D eigenvalue weighted by atomic mass is 16.3. The molecule has 1 unspecified atom stereocenters. The zero-order valence-corrected chi connectivity index (χ0v) is 14.3. The molecular weight excluding hydrogens is 330 g/mol. The van der Waals surface area contributed by atoms with E-state index in [9.17, 15) is 15.0 Å². The molecule has 0 fully saturated rings. The van der Waals surface area contributed by atoms with E-state index in [1.807, 2.05) is 30.3 Å². The summed E-state index contributed by atoms with van der Waals surface area (Å²) in [6.07, 6.45) is 1.53. The van der Waals surface area contributed by atoms with Crippen molar-refractivity contribution in [1.82, 2.24) is 9.97 Å². The van der Waals surface area contributed by atoms with Crippen LogP contribution in [-0.4, -0.2) is 31.7 Å². The first kappa shape index (κ1) is 17.6. The number of amides is 1. The second kappa shape index (κ2) is 7.33. The van der Waals surface area contributed by atoms with Gasteiger partial charge in [0.25, 0.3) is 5.91 Å². The van der Waals surface area contributed by atoms with Crippen LogP contribution in [0.1, 0.15) is 12.5 Å². The Kier molecular flexibility index (Phi) is 4.95. The Morgan fingerprint density at radius 3 is 2.46 bits per heavy atom. The number of nitrogens with one attached hydrogen (secondary N) is 1. The fourth-order valence-electron chi connectivity index (χ4n) is 2.54. The van der Waals surface area contributed by atoms with Gasteiger partial charge in [-0.1, -0.05) is 30.3 Å². The maximum absolute atomic E-state index is 12.5. The summed E-state index contributed by atoms with van der Waals surface area (Å²) in [5, 5.41) is 22.5. The predicted octanol–water partition coefficient (Wildman–Crippen LogP) is 2.78. The molecule has 0 aliphatic rings. The van der Waals surface area contributed by atoms with Crippen LogP contribution in [0.25, 0.3) is 11.3 Å². The number of hydrogen-bond acceptors (Lipinski definition) is 5. The Hall–Kier alpha value is -3.25. The molecule has 1 atom stereocenters. The van der Waals surface area contributed by atoms with Gasteiger partial charge < -0.3 is 15.5 Å². The van der Waals surface area contributed by atoms with Crippen LogP contribution in [0.3, 0.4) is 0 Å². The van der Waals surface area contributed by atoms with E-state index >= 15 is 0 Å². The number of carbonyl (C=O) groups excluding carboxylic acids is 1. The van der Waals surface area contributed by atoms with Crippen LogP contribution in [0.15, 0.2) is 67.0 Å². The standard InChI is InChI=1S/C20H19N3O3/c1-20(26,12-14-5-3-2-4-6-14)19(25)23-18-11-17(21-13-22-18)15-7-9-16(24)10-8-15/h2-11,13,24,26H,12H2,1H3,(H,21,22,23,25). The number of phenolic OH excluding ortho intramolecular Hbond substituents is 1. The molecule has 2 aromatic carbocycles.